The molecule has 0 aromatic carbocycles. The van der Waals surface area contributed by atoms with Gasteiger partial charge >= 0.3 is 19.8 Å². The van der Waals surface area contributed by atoms with E-state index in [0.717, 1.165) is 83.5 Å². The van der Waals surface area contributed by atoms with Gasteiger partial charge in [-0.05, 0) is 83.5 Å². The quantitative estimate of drug-likeness (QED) is 0.0309. The summed E-state index contributed by atoms with van der Waals surface area (Å²) in [7, 11) is -4.77. The number of hydrogen-bond acceptors (Lipinski definition) is 6. The first-order valence-corrected chi connectivity index (χ1v) is 19.8. The molecule has 0 unspecified atom stereocenters. The van der Waals surface area contributed by atoms with Gasteiger partial charge in [-0.25, -0.2) is 4.57 Å². The molecule has 0 aromatic rings. The average Bonchev–Trinajstić information content (AvgIpc) is 3.05. The number of carbonyl (C=O) groups is 2. The molecular formula is C39H65O8P. The van der Waals surface area contributed by atoms with Gasteiger partial charge < -0.3 is 19.3 Å². The van der Waals surface area contributed by atoms with E-state index in [0.29, 0.717) is 12.8 Å². The van der Waals surface area contributed by atoms with Crippen LogP contribution in [-0.4, -0.2) is 41.0 Å². The second-order valence-corrected chi connectivity index (χ2v) is 13.0. The van der Waals surface area contributed by atoms with Crippen molar-refractivity contribution in [3.8, 4) is 0 Å². The van der Waals surface area contributed by atoms with Crippen molar-refractivity contribution in [2.75, 3.05) is 13.2 Å². The molecule has 0 aliphatic carbocycles. The van der Waals surface area contributed by atoms with E-state index in [2.05, 4.69) is 91.3 Å². The van der Waals surface area contributed by atoms with Gasteiger partial charge in [-0.15, -0.1) is 0 Å². The molecule has 0 fully saturated rings. The maximum Gasteiger partial charge on any atom is 0.469 e. The van der Waals surface area contributed by atoms with Crippen LogP contribution in [0, 0.1) is 0 Å². The smallest absolute Gasteiger partial charge is 0.462 e. The van der Waals surface area contributed by atoms with Crippen LogP contribution in [0.25, 0.3) is 0 Å². The molecule has 0 aliphatic heterocycles. The van der Waals surface area contributed by atoms with Gasteiger partial charge in [0.15, 0.2) is 6.10 Å². The zero-order chi connectivity index (χ0) is 35.4. The largest absolute Gasteiger partial charge is 0.469 e. The summed E-state index contributed by atoms with van der Waals surface area (Å²) in [5.41, 5.74) is 0. The summed E-state index contributed by atoms with van der Waals surface area (Å²) in [4.78, 5) is 42.6. The summed E-state index contributed by atoms with van der Waals surface area (Å²) in [5.74, 6) is -0.958. The molecular weight excluding hydrogens is 627 g/mol. The topological polar surface area (TPSA) is 119 Å². The fourth-order valence-corrected chi connectivity index (χ4v) is 4.87. The Hall–Kier alpha value is -2.51. The van der Waals surface area contributed by atoms with Crippen LogP contribution in [0.3, 0.4) is 0 Å². The van der Waals surface area contributed by atoms with E-state index in [1.807, 2.05) is 0 Å². The first-order valence-electron chi connectivity index (χ1n) is 18.2. The minimum atomic E-state index is -4.77. The van der Waals surface area contributed by atoms with Crippen molar-refractivity contribution in [3.05, 3.63) is 72.9 Å². The molecule has 0 spiro atoms. The molecule has 0 rings (SSSR count). The average molecular weight is 693 g/mol. The van der Waals surface area contributed by atoms with Crippen LogP contribution >= 0.6 is 7.82 Å². The van der Waals surface area contributed by atoms with Crippen molar-refractivity contribution in [1.82, 2.24) is 0 Å². The molecule has 0 aliphatic rings. The molecule has 0 radical (unpaired) electrons. The third-order valence-electron chi connectivity index (χ3n) is 7.21. The zero-order valence-corrected chi connectivity index (χ0v) is 30.7. The van der Waals surface area contributed by atoms with Crippen LogP contribution in [-0.2, 0) is 28.2 Å². The number of esters is 2. The van der Waals surface area contributed by atoms with Crippen molar-refractivity contribution in [2.24, 2.45) is 0 Å². The highest BCUT2D eigenvalue weighted by Gasteiger charge is 2.22. The van der Waals surface area contributed by atoms with Gasteiger partial charge in [-0.3, -0.25) is 14.1 Å². The summed E-state index contributed by atoms with van der Waals surface area (Å²) >= 11 is 0. The highest BCUT2D eigenvalue weighted by molar-refractivity contribution is 7.46. The molecule has 0 saturated heterocycles. The van der Waals surface area contributed by atoms with Gasteiger partial charge in [0.1, 0.15) is 6.61 Å². The SMILES string of the molecule is CC/C=C/C/C=C/C/C=C/CCCCCCCC(=O)OC[C@H](COP(=O)(O)O)OC(=O)CCCC/C=C/C/C=C/C/C=C/CCCCC. The molecule has 8 nitrogen and oxygen atoms in total. The van der Waals surface area contributed by atoms with Crippen LogP contribution in [0.1, 0.15) is 142 Å². The van der Waals surface area contributed by atoms with E-state index in [1.165, 1.54) is 19.3 Å². The second kappa shape index (κ2) is 34.4. The summed E-state index contributed by atoms with van der Waals surface area (Å²) in [6.07, 6.45) is 43.4. The van der Waals surface area contributed by atoms with E-state index >= 15 is 0 Å². The standard InChI is InChI=1S/C39H65O8P/c1-3-5-7-9-11-13-15-17-19-21-23-25-27-29-31-33-38(40)45-35-37(36-46-48(42,43)44)47-39(41)34-32-30-28-26-24-22-20-18-16-14-12-10-8-6-4-2/h5,7,11-14,17-20,24,26,37H,3-4,6,8-10,15-16,21-23,25,27-36H2,1-2H3,(H2,42,43,44)/b7-5+,13-11+,14-12+,19-17+,20-18+,26-24+/t37-/m1/s1. The predicted molar refractivity (Wildman–Crippen MR) is 197 cm³/mol. The molecule has 0 saturated carbocycles. The molecule has 0 amide bonds. The van der Waals surface area contributed by atoms with Gasteiger partial charge in [0, 0.05) is 12.8 Å². The Kier molecular flexibility index (Phi) is 32.6. The van der Waals surface area contributed by atoms with E-state index in [-0.39, 0.29) is 19.4 Å². The van der Waals surface area contributed by atoms with Gasteiger partial charge in [0.2, 0.25) is 0 Å². The summed E-state index contributed by atoms with van der Waals surface area (Å²) in [6, 6.07) is 0. The van der Waals surface area contributed by atoms with Crippen LogP contribution in [0.5, 0.6) is 0 Å². The molecule has 0 bridgehead atoms. The Morgan fingerprint density at radius 3 is 1.54 bits per heavy atom. The van der Waals surface area contributed by atoms with E-state index < -0.39 is 32.5 Å². The lowest BCUT2D eigenvalue weighted by Gasteiger charge is -2.18. The third-order valence-corrected chi connectivity index (χ3v) is 7.69. The number of rotatable bonds is 32. The van der Waals surface area contributed by atoms with Crippen molar-refractivity contribution in [1.29, 1.82) is 0 Å². The minimum Gasteiger partial charge on any atom is -0.462 e. The fraction of sp³-hybridized carbons (Fsp3) is 0.641. The number of phosphoric acid groups is 1. The first-order chi connectivity index (χ1) is 23.3. The Balaban J connectivity index is 4.10. The molecule has 274 valence electrons. The van der Waals surface area contributed by atoms with Crippen molar-refractivity contribution in [2.45, 2.75) is 148 Å². The summed E-state index contributed by atoms with van der Waals surface area (Å²) in [5, 5.41) is 0. The molecule has 48 heavy (non-hydrogen) atoms. The number of allylic oxidation sites excluding steroid dienone is 12. The van der Waals surface area contributed by atoms with Gasteiger partial charge in [0.25, 0.3) is 0 Å². The Morgan fingerprint density at radius 2 is 1.00 bits per heavy atom. The minimum absolute atomic E-state index is 0.155. The summed E-state index contributed by atoms with van der Waals surface area (Å²) in [6.45, 7) is 3.47. The van der Waals surface area contributed by atoms with E-state index in [4.69, 9.17) is 19.3 Å². The summed E-state index contributed by atoms with van der Waals surface area (Å²) < 4.78 is 26.2. The first kappa shape index (κ1) is 45.5. The molecule has 0 heterocycles. The second-order valence-electron chi connectivity index (χ2n) is 11.8. The lowest BCUT2D eigenvalue weighted by atomic mass is 10.1. The molecule has 9 heteroatoms. The number of hydrogen-bond donors (Lipinski definition) is 2. The number of phosphoric ester groups is 1. The maximum atomic E-state index is 12.3. The number of unbranched alkanes of at least 4 members (excludes halogenated alkanes) is 10. The highest BCUT2D eigenvalue weighted by Crippen LogP contribution is 2.35. The fourth-order valence-electron chi connectivity index (χ4n) is 4.51. The Labute approximate surface area is 291 Å². The monoisotopic (exact) mass is 692 g/mol. The van der Waals surface area contributed by atoms with Crippen molar-refractivity contribution >= 4 is 19.8 Å². The Morgan fingerprint density at radius 1 is 0.562 bits per heavy atom. The van der Waals surface area contributed by atoms with Gasteiger partial charge in [-0.1, -0.05) is 119 Å². The van der Waals surface area contributed by atoms with Gasteiger partial charge in [-0.2, -0.15) is 0 Å². The predicted octanol–water partition coefficient (Wildman–Crippen LogP) is 10.7. The van der Waals surface area contributed by atoms with E-state index in [9.17, 15) is 14.2 Å². The van der Waals surface area contributed by atoms with Crippen LogP contribution in [0.4, 0.5) is 0 Å². The van der Waals surface area contributed by atoms with Crippen molar-refractivity contribution < 1.29 is 37.9 Å². The third kappa shape index (κ3) is 36.3. The highest BCUT2D eigenvalue weighted by atomic mass is 31.2. The number of carbonyl (C=O) groups excluding carboxylic acids is 2. The van der Waals surface area contributed by atoms with Crippen LogP contribution in [0.15, 0.2) is 72.9 Å². The maximum absolute atomic E-state index is 12.3. The Bertz CT molecular complexity index is 1010. The molecule has 1 atom stereocenters. The molecule has 2 N–H and O–H groups in total. The van der Waals surface area contributed by atoms with Crippen LogP contribution < -0.4 is 0 Å². The normalized spacial score (nSPS) is 13.3. The van der Waals surface area contributed by atoms with Gasteiger partial charge in [0.05, 0.1) is 6.61 Å². The van der Waals surface area contributed by atoms with Crippen LogP contribution in [0.2, 0.25) is 0 Å². The van der Waals surface area contributed by atoms with E-state index in [1.54, 1.807) is 0 Å². The number of ether oxygens (including phenoxy) is 2. The zero-order valence-electron chi connectivity index (χ0n) is 29.9. The molecule has 0 aromatic heterocycles. The lowest BCUT2D eigenvalue weighted by molar-refractivity contribution is -0.161. The van der Waals surface area contributed by atoms with Crippen molar-refractivity contribution in [3.63, 3.8) is 0 Å². The lowest BCUT2D eigenvalue weighted by Crippen LogP contribution is -2.29.